The van der Waals surface area contributed by atoms with Gasteiger partial charge in [0, 0.05) is 13.0 Å². The maximum absolute atomic E-state index is 12.1. The molecule has 0 radical (unpaired) electrons. The minimum Gasteiger partial charge on any atom is -0.454 e. The van der Waals surface area contributed by atoms with E-state index < -0.39 is 5.97 Å². The summed E-state index contributed by atoms with van der Waals surface area (Å²) in [5.74, 6) is 1.21. The standard InChI is InChI=1S/C14H17N5O2/c1-9-11(6-10(15)7-16-9)14(20)21-8-13-18-17-12-4-2-3-5-19(12)13/h6-7H,2-5,8,15H2,1H3. The number of nitrogens with two attached hydrogens (primary N) is 1. The van der Waals surface area contributed by atoms with Crippen LogP contribution in [0.1, 0.15) is 40.5 Å². The van der Waals surface area contributed by atoms with Gasteiger partial charge in [0.25, 0.3) is 0 Å². The molecule has 0 spiro atoms. The molecule has 1 aliphatic rings. The fourth-order valence-corrected chi connectivity index (χ4v) is 2.44. The molecule has 0 aliphatic carbocycles. The van der Waals surface area contributed by atoms with Crippen molar-refractivity contribution in [1.29, 1.82) is 0 Å². The molecule has 110 valence electrons. The van der Waals surface area contributed by atoms with Crippen LogP contribution in [0.15, 0.2) is 12.3 Å². The van der Waals surface area contributed by atoms with Gasteiger partial charge in [-0.2, -0.15) is 0 Å². The van der Waals surface area contributed by atoms with Gasteiger partial charge in [-0.05, 0) is 25.8 Å². The first-order chi connectivity index (χ1) is 10.1. The monoisotopic (exact) mass is 287 g/mol. The van der Waals surface area contributed by atoms with Gasteiger partial charge >= 0.3 is 5.97 Å². The molecule has 21 heavy (non-hydrogen) atoms. The van der Waals surface area contributed by atoms with Crippen molar-refractivity contribution >= 4 is 11.7 Å². The molecule has 0 saturated heterocycles. The molecule has 0 atom stereocenters. The van der Waals surface area contributed by atoms with E-state index in [9.17, 15) is 4.79 Å². The van der Waals surface area contributed by atoms with Crippen molar-refractivity contribution < 1.29 is 9.53 Å². The molecule has 0 amide bonds. The molecule has 1 aliphatic heterocycles. The Morgan fingerprint density at radius 1 is 1.43 bits per heavy atom. The van der Waals surface area contributed by atoms with Gasteiger partial charge in [0.15, 0.2) is 12.4 Å². The molecule has 0 fully saturated rings. The second-order valence-electron chi connectivity index (χ2n) is 5.12. The summed E-state index contributed by atoms with van der Waals surface area (Å²) in [4.78, 5) is 16.2. The number of carbonyl (C=O) groups is 1. The lowest BCUT2D eigenvalue weighted by Crippen LogP contribution is -2.15. The van der Waals surface area contributed by atoms with E-state index in [4.69, 9.17) is 10.5 Å². The van der Waals surface area contributed by atoms with Crippen LogP contribution >= 0.6 is 0 Å². The molecular weight excluding hydrogens is 270 g/mol. The largest absolute Gasteiger partial charge is 0.454 e. The highest BCUT2D eigenvalue weighted by Gasteiger charge is 2.18. The number of rotatable bonds is 3. The first-order valence-electron chi connectivity index (χ1n) is 6.95. The minimum absolute atomic E-state index is 0.111. The van der Waals surface area contributed by atoms with Gasteiger partial charge in [0.05, 0.1) is 23.1 Å². The highest BCUT2D eigenvalue weighted by atomic mass is 16.5. The van der Waals surface area contributed by atoms with Crippen LogP contribution in [0.25, 0.3) is 0 Å². The zero-order chi connectivity index (χ0) is 14.8. The topological polar surface area (TPSA) is 95.9 Å². The van der Waals surface area contributed by atoms with Crippen molar-refractivity contribution in [3.05, 3.63) is 35.2 Å². The van der Waals surface area contributed by atoms with Crippen LogP contribution in [0, 0.1) is 6.92 Å². The second kappa shape index (κ2) is 5.51. The molecule has 0 unspecified atom stereocenters. The summed E-state index contributed by atoms with van der Waals surface area (Å²) >= 11 is 0. The van der Waals surface area contributed by atoms with Crippen LogP contribution in [0.3, 0.4) is 0 Å². The third-order valence-corrected chi connectivity index (χ3v) is 3.60. The number of hydrogen-bond donors (Lipinski definition) is 1. The van der Waals surface area contributed by atoms with E-state index >= 15 is 0 Å². The first kappa shape index (κ1) is 13.5. The average Bonchev–Trinajstić information content (AvgIpc) is 2.90. The van der Waals surface area contributed by atoms with E-state index in [-0.39, 0.29) is 6.61 Å². The number of hydrogen-bond acceptors (Lipinski definition) is 6. The van der Waals surface area contributed by atoms with Crippen molar-refractivity contribution in [1.82, 2.24) is 19.7 Å². The van der Waals surface area contributed by atoms with Gasteiger partial charge in [0.1, 0.15) is 5.82 Å². The van der Waals surface area contributed by atoms with Crippen LogP contribution in [0.2, 0.25) is 0 Å². The van der Waals surface area contributed by atoms with Crippen LogP contribution in [-0.4, -0.2) is 25.7 Å². The summed E-state index contributed by atoms with van der Waals surface area (Å²) in [7, 11) is 0. The van der Waals surface area contributed by atoms with Crippen molar-refractivity contribution in [2.24, 2.45) is 0 Å². The fourth-order valence-electron chi connectivity index (χ4n) is 2.44. The maximum atomic E-state index is 12.1. The maximum Gasteiger partial charge on any atom is 0.340 e. The number of aromatic nitrogens is 4. The fraction of sp³-hybridized carbons (Fsp3) is 0.429. The van der Waals surface area contributed by atoms with Gasteiger partial charge < -0.3 is 15.0 Å². The van der Waals surface area contributed by atoms with Crippen LogP contribution in [0.5, 0.6) is 0 Å². The smallest absolute Gasteiger partial charge is 0.340 e. The number of fused-ring (bicyclic) bond motifs is 1. The number of carbonyl (C=O) groups excluding carboxylic acids is 1. The molecule has 7 heteroatoms. The van der Waals surface area contributed by atoms with Crippen molar-refractivity contribution in [2.75, 3.05) is 5.73 Å². The molecule has 2 aromatic heterocycles. The number of nitrogens with zero attached hydrogens (tertiary/aromatic N) is 4. The lowest BCUT2D eigenvalue weighted by molar-refractivity contribution is 0.0455. The van der Waals surface area contributed by atoms with Gasteiger partial charge in [-0.15, -0.1) is 10.2 Å². The van der Waals surface area contributed by atoms with E-state index in [2.05, 4.69) is 15.2 Å². The third-order valence-electron chi connectivity index (χ3n) is 3.60. The lowest BCUT2D eigenvalue weighted by Gasteiger charge is -2.14. The minimum atomic E-state index is -0.444. The Morgan fingerprint density at radius 2 is 2.29 bits per heavy atom. The highest BCUT2D eigenvalue weighted by Crippen LogP contribution is 2.16. The van der Waals surface area contributed by atoms with Gasteiger partial charge in [-0.3, -0.25) is 4.98 Å². The Balaban J connectivity index is 1.71. The summed E-state index contributed by atoms with van der Waals surface area (Å²) in [6, 6.07) is 1.57. The number of pyridine rings is 1. The molecule has 7 nitrogen and oxygen atoms in total. The summed E-state index contributed by atoms with van der Waals surface area (Å²) < 4.78 is 7.35. The lowest BCUT2D eigenvalue weighted by atomic mass is 10.2. The molecule has 3 rings (SSSR count). The molecule has 0 bridgehead atoms. The number of ether oxygens (including phenoxy) is 1. The van der Waals surface area contributed by atoms with Gasteiger partial charge in [-0.25, -0.2) is 4.79 Å². The van der Waals surface area contributed by atoms with Gasteiger partial charge in [-0.1, -0.05) is 0 Å². The zero-order valence-corrected chi connectivity index (χ0v) is 11.9. The van der Waals surface area contributed by atoms with Crippen molar-refractivity contribution in [2.45, 2.75) is 39.3 Å². The second-order valence-corrected chi connectivity index (χ2v) is 5.12. The summed E-state index contributed by atoms with van der Waals surface area (Å²) in [5, 5.41) is 8.23. The Kier molecular flexibility index (Phi) is 3.55. The Bertz CT molecular complexity index is 680. The Hall–Kier alpha value is -2.44. The molecular formula is C14H17N5O2. The van der Waals surface area contributed by atoms with Gasteiger partial charge in [0.2, 0.25) is 0 Å². The SMILES string of the molecule is Cc1ncc(N)cc1C(=O)OCc1nnc2n1CCCC2. The van der Waals surface area contributed by atoms with Crippen molar-refractivity contribution in [3.63, 3.8) is 0 Å². The quantitative estimate of drug-likeness (QED) is 0.854. The van der Waals surface area contributed by atoms with Crippen LogP contribution < -0.4 is 5.73 Å². The predicted octanol–water partition coefficient (Wildman–Crippen LogP) is 1.26. The molecule has 0 aromatic carbocycles. The number of nitrogen functional groups attached to an aromatic ring is 1. The average molecular weight is 287 g/mol. The van der Waals surface area contributed by atoms with Crippen LogP contribution in [0.4, 0.5) is 5.69 Å². The van der Waals surface area contributed by atoms with E-state index in [1.807, 2.05) is 4.57 Å². The first-order valence-corrected chi connectivity index (χ1v) is 6.95. The van der Waals surface area contributed by atoms with E-state index in [1.165, 1.54) is 6.20 Å². The Labute approximate surface area is 122 Å². The third kappa shape index (κ3) is 2.72. The normalized spacial score (nSPS) is 13.8. The summed E-state index contributed by atoms with van der Waals surface area (Å²) in [5.41, 5.74) is 7.07. The number of esters is 1. The summed E-state index contributed by atoms with van der Waals surface area (Å²) in [6.07, 6.45) is 4.68. The summed E-state index contributed by atoms with van der Waals surface area (Å²) in [6.45, 7) is 2.74. The zero-order valence-electron chi connectivity index (χ0n) is 11.9. The highest BCUT2D eigenvalue weighted by molar-refractivity contribution is 5.91. The van der Waals surface area contributed by atoms with Crippen LogP contribution in [-0.2, 0) is 24.3 Å². The van der Waals surface area contributed by atoms with Crippen molar-refractivity contribution in [3.8, 4) is 0 Å². The van der Waals surface area contributed by atoms with E-state index in [1.54, 1.807) is 13.0 Å². The molecule has 2 N–H and O–H groups in total. The van der Waals surface area contributed by atoms with E-state index in [0.29, 0.717) is 22.8 Å². The molecule has 2 aromatic rings. The van der Waals surface area contributed by atoms with E-state index in [0.717, 1.165) is 31.6 Å². The molecule has 0 saturated carbocycles. The Morgan fingerprint density at radius 3 is 3.14 bits per heavy atom. The number of aryl methyl sites for hydroxylation is 2. The predicted molar refractivity (Wildman–Crippen MR) is 75.5 cm³/mol. The number of anilines is 1. The molecule has 3 heterocycles.